The normalized spacial score (nSPS) is 26.1. The van der Waals surface area contributed by atoms with Crippen LogP contribution in [-0.2, 0) is 9.53 Å². The first-order valence-electron chi connectivity index (χ1n) is 5.93. The molecule has 1 atom stereocenters. The third kappa shape index (κ3) is 2.53. The Kier molecular flexibility index (Phi) is 2.60. The number of nitrogens with zero attached hydrogens (tertiary/aromatic N) is 1. The van der Waals surface area contributed by atoms with Crippen molar-refractivity contribution in [3.8, 4) is 0 Å². The number of carboxylic acid groups (broad SMARTS) is 1. The van der Waals surface area contributed by atoms with Crippen molar-refractivity contribution in [2.45, 2.75) is 51.7 Å². The van der Waals surface area contributed by atoms with Gasteiger partial charge in [0, 0.05) is 6.54 Å². The number of rotatable bonds is 1. The highest BCUT2D eigenvalue weighted by Crippen LogP contribution is 2.54. The molecule has 1 spiro atoms. The van der Waals surface area contributed by atoms with Gasteiger partial charge in [0.2, 0.25) is 0 Å². The summed E-state index contributed by atoms with van der Waals surface area (Å²) >= 11 is 0. The molecule has 17 heavy (non-hydrogen) atoms. The van der Waals surface area contributed by atoms with Gasteiger partial charge in [-0.15, -0.1) is 0 Å². The van der Waals surface area contributed by atoms with Crippen molar-refractivity contribution in [1.82, 2.24) is 4.90 Å². The van der Waals surface area contributed by atoms with Gasteiger partial charge in [-0.1, -0.05) is 0 Å². The van der Waals surface area contributed by atoms with Gasteiger partial charge in [0.05, 0.1) is 12.0 Å². The van der Waals surface area contributed by atoms with E-state index in [1.807, 2.05) is 0 Å². The molecule has 2 aliphatic rings. The maximum atomic E-state index is 11.9. The highest BCUT2D eigenvalue weighted by molar-refractivity contribution is 5.80. The lowest BCUT2D eigenvalue weighted by atomic mass is 10.0. The van der Waals surface area contributed by atoms with Gasteiger partial charge in [-0.05, 0) is 45.4 Å². The summed E-state index contributed by atoms with van der Waals surface area (Å²) < 4.78 is 5.22. The number of carboxylic acids is 1. The van der Waals surface area contributed by atoms with Crippen LogP contribution in [0.25, 0.3) is 0 Å². The van der Waals surface area contributed by atoms with E-state index >= 15 is 0 Å². The average Bonchev–Trinajstić information content (AvgIpc) is 2.73. The van der Waals surface area contributed by atoms with Gasteiger partial charge in [0.1, 0.15) is 5.60 Å². The lowest BCUT2D eigenvalue weighted by Crippen LogP contribution is -2.48. The van der Waals surface area contributed by atoms with Crippen molar-refractivity contribution < 1.29 is 19.4 Å². The molecule has 1 heterocycles. The fourth-order valence-corrected chi connectivity index (χ4v) is 2.32. The summed E-state index contributed by atoms with van der Waals surface area (Å²) in [5, 5.41) is 11.0. The quantitative estimate of drug-likeness (QED) is 0.670. The summed E-state index contributed by atoms with van der Waals surface area (Å²) in [7, 11) is 0. The summed E-state index contributed by atoms with van der Waals surface area (Å²) in [5.74, 6) is -1.18. The summed E-state index contributed by atoms with van der Waals surface area (Å²) in [6.45, 7) is 5.78. The molecule has 0 bridgehead atoms. The van der Waals surface area contributed by atoms with Crippen LogP contribution in [0, 0.1) is 5.41 Å². The van der Waals surface area contributed by atoms with Gasteiger partial charge in [0.25, 0.3) is 0 Å². The van der Waals surface area contributed by atoms with E-state index in [4.69, 9.17) is 4.74 Å². The van der Waals surface area contributed by atoms with Crippen molar-refractivity contribution >= 4 is 12.1 Å². The van der Waals surface area contributed by atoms with Crippen molar-refractivity contribution in [3.63, 3.8) is 0 Å². The van der Waals surface area contributed by atoms with E-state index < -0.39 is 23.7 Å². The van der Waals surface area contributed by atoms with Crippen molar-refractivity contribution in [2.75, 3.05) is 6.54 Å². The Morgan fingerprint density at radius 3 is 2.35 bits per heavy atom. The number of ether oxygens (including phenoxy) is 1. The molecule has 0 aromatic carbocycles. The van der Waals surface area contributed by atoms with Crippen LogP contribution in [0.1, 0.15) is 40.0 Å². The number of aliphatic carboxylic acids is 1. The Labute approximate surface area is 101 Å². The monoisotopic (exact) mass is 240 g/mol. The predicted molar refractivity (Wildman–Crippen MR) is 58.0 cm³/mol. The topological polar surface area (TPSA) is 69.7 Å². The molecule has 2 fully saturated rings. The molecule has 5 heteroatoms. The molecule has 1 aliphatic carbocycles. The second-order valence-electron chi connectivity index (χ2n) is 6.15. The van der Waals surface area contributed by atoms with Crippen molar-refractivity contribution in [3.05, 3.63) is 0 Å². The molecule has 96 valence electrons. The minimum Gasteiger partial charge on any atom is -0.548 e. The first-order chi connectivity index (χ1) is 7.72. The maximum absolute atomic E-state index is 11.9. The zero-order chi connectivity index (χ0) is 12.8. The van der Waals surface area contributed by atoms with Crippen LogP contribution in [0.5, 0.6) is 0 Å². The number of likely N-dealkylation sites (tertiary alicyclic amines) is 1. The highest BCUT2D eigenvalue weighted by atomic mass is 16.6. The van der Waals surface area contributed by atoms with Gasteiger partial charge >= 0.3 is 6.09 Å². The number of carbonyl (C=O) groups is 2. The minimum absolute atomic E-state index is 0.0294. The Morgan fingerprint density at radius 2 is 1.94 bits per heavy atom. The van der Waals surface area contributed by atoms with Gasteiger partial charge < -0.3 is 14.6 Å². The van der Waals surface area contributed by atoms with E-state index in [1.165, 1.54) is 4.90 Å². The van der Waals surface area contributed by atoms with Crippen LogP contribution < -0.4 is 5.11 Å². The Balaban J connectivity index is 2.08. The molecule has 0 aromatic rings. The summed E-state index contributed by atoms with van der Waals surface area (Å²) in [4.78, 5) is 24.3. The van der Waals surface area contributed by atoms with E-state index in [0.29, 0.717) is 13.0 Å². The molecule has 0 unspecified atom stereocenters. The SMILES string of the molecule is CC(C)(C)OC(=O)N1CC2(CC2)C[C@H]1C(=O)[O-]. The van der Waals surface area contributed by atoms with Gasteiger partial charge in [-0.2, -0.15) is 0 Å². The maximum Gasteiger partial charge on any atom is 0.410 e. The Bertz CT molecular complexity index is 354. The fourth-order valence-electron chi connectivity index (χ4n) is 2.32. The summed E-state index contributed by atoms with van der Waals surface area (Å²) in [5.41, 5.74) is -0.575. The number of hydrogen-bond donors (Lipinski definition) is 0. The molecule has 1 amide bonds. The van der Waals surface area contributed by atoms with E-state index in [-0.39, 0.29) is 5.41 Å². The van der Waals surface area contributed by atoms with Crippen LogP contribution in [0.2, 0.25) is 0 Å². The number of carbonyl (C=O) groups excluding carboxylic acids is 2. The molecule has 1 saturated heterocycles. The van der Waals surface area contributed by atoms with Gasteiger partial charge in [-0.25, -0.2) is 4.79 Å². The van der Waals surface area contributed by atoms with Crippen LogP contribution in [-0.4, -0.2) is 35.2 Å². The zero-order valence-electron chi connectivity index (χ0n) is 10.5. The zero-order valence-corrected chi connectivity index (χ0v) is 10.5. The van der Waals surface area contributed by atoms with Crippen LogP contribution in [0.4, 0.5) is 4.79 Å². The highest BCUT2D eigenvalue weighted by Gasteiger charge is 2.54. The molecule has 1 aliphatic heterocycles. The summed E-state index contributed by atoms with van der Waals surface area (Å²) in [6, 6.07) is -0.827. The van der Waals surface area contributed by atoms with E-state index in [0.717, 1.165) is 12.8 Å². The van der Waals surface area contributed by atoms with Crippen molar-refractivity contribution in [1.29, 1.82) is 0 Å². The minimum atomic E-state index is -1.18. The van der Waals surface area contributed by atoms with Crippen LogP contribution in [0.15, 0.2) is 0 Å². The van der Waals surface area contributed by atoms with Crippen molar-refractivity contribution in [2.24, 2.45) is 5.41 Å². The standard InChI is InChI=1S/C12H19NO4/c1-11(2,3)17-10(16)13-7-12(4-5-12)6-8(13)9(14)15/h8H,4-7H2,1-3H3,(H,14,15)/p-1/t8-/m0/s1. The molecule has 5 nitrogen and oxygen atoms in total. The van der Waals surface area contributed by atoms with Crippen LogP contribution >= 0.6 is 0 Å². The molecule has 0 N–H and O–H groups in total. The number of hydrogen-bond acceptors (Lipinski definition) is 4. The molecular weight excluding hydrogens is 222 g/mol. The van der Waals surface area contributed by atoms with E-state index in [9.17, 15) is 14.7 Å². The third-order valence-corrected chi connectivity index (χ3v) is 3.37. The lowest BCUT2D eigenvalue weighted by Gasteiger charge is -2.28. The van der Waals surface area contributed by atoms with Gasteiger partial charge in [-0.3, -0.25) is 4.90 Å². The predicted octanol–water partition coefficient (Wildman–Crippen LogP) is 0.526. The van der Waals surface area contributed by atoms with E-state index in [1.54, 1.807) is 20.8 Å². The average molecular weight is 240 g/mol. The van der Waals surface area contributed by atoms with E-state index in [2.05, 4.69) is 0 Å². The van der Waals surface area contributed by atoms with Gasteiger partial charge in [0.15, 0.2) is 0 Å². The first-order valence-corrected chi connectivity index (χ1v) is 5.93. The molecule has 1 saturated carbocycles. The smallest absolute Gasteiger partial charge is 0.410 e. The number of amides is 1. The molecular formula is C12H18NO4-. The molecule has 0 aromatic heterocycles. The molecule has 2 rings (SSSR count). The molecule has 0 radical (unpaired) electrons. The second-order valence-corrected chi connectivity index (χ2v) is 6.15. The lowest BCUT2D eigenvalue weighted by molar-refractivity contribution is -0.310. The Hall–Kier alpha value is -1.26. The Morgan fingerprint density at radius 1 is 1.35 bits per heavy atom. The third-order valence-electron chi connectivity index (χ3n) is 3.37. The second kappa shape index (κ2) is 3.62. The largest absolute Gasteiger partial charge is 0.548 e. The van der Waals surface area contributed by atoms with Crippen LogP contribution in [0.3, 0.4) is 0 Å². The fraction of sp³-hybridized carbons (Fsp3) is 0.833. The summed E-state index contributed by atoms with van der Waals surface area (Å²) in [6.07, 6.45) is 1.95. The first kappa shape index (κ1) is 12.2.